The fourth-order valence-corrected chi connectivity index (χ4v) is 4.86. The first-order valence-corrected chi connectivity index (χ1v) is 8.70. The van der Waals surface area contributed by atoms with Gasteiger partial charge in [0.15, 0.2) is 5.06 Å². The molecular formula is C16H16N2OS2. The molecule has 0 aromatic carbocycles. The summed E-state index contributed by atoms with van der Waals surface area (Å²) in [7, 11) is 0. The molecule has 1 atom stereocenters. The second kappa shape index (κ2) is 5.00. The first-order chi connectivity index (χ1) is 10.2. The van der Waals surface area contributed by atoms with Crippen LogP contribution in [-0.2, 0) is 12.8 Å². The molecule has 3 nitrogen and oxygen atoms in total. The highest BCUT2D eigenvalue weighted by molar-refractivity contribution is 7.15. The number of dihydropyridines is 1. The number of nitrogens with zero attached hydrogens (tertiary/aromatic N) is 1. The van der Waals surface area contributed by atoms with Crippen molar-refractivity contribution in [3.63, 3.8) is 0 Å². The minimum absolute atomic E-state index is 0.206. The molecule has 1 aliphatic carbocycles. The van der Waals surface area contributed by atoms with E-state index in [0.717, 1.165) is 23.7 Å². The predicted molar refractivity (Wildman–Crippen MR) is 88.0 cm³/mol. The van der Waals surface area contributed by atoms with Gasteiger partial charge in [-0.25, -0.2) is 4.37 Å². The van der Waals surface area contributed by atoms with Crippen molar-refractivity contribution < 1.29 is 4.74 Å². The molecule has 3 heterocycles. The van der Waals surface area contributed by atoms with E-state index < -0.39 is 0 Å². The van der Waals surface area contributed by atoms with Gasteiger partial charge >= 0.3 is 0 Å². The lowest BCUT2D eigenvalue weighted by molar-refractivity contribution is 0.384. The summed E-state index contributed by atoms with van der Waals surface area (Å²) in [6.07, 6.45) is 10.2. The van der Waals surface area contributed by atoms with E-state index >= 15 is 0 Å². The molecule has 108 valence electrons. The number of hydrogen-bond acceptors (Lipinski definition) is 5. The van der Waals surface area contributed by atoms with Crippen molar-refractivity contribution in [2.75, 3.05) is 0 Å². The largest absolute Gasteiger partial charge is 0.448 e. The van der Waals surface area contributed by atoms with E-state index in [-0.39, 0.29) is 6.04 Å². The Hall–Kier alpha value is -1.59. The summed E-state index contributed by atoms with van der Waals surface area (Å²) in [5.74, 6) is 0.971. The molecule has 2 aliphatic rings. The molecular weight excluding hydrogens is 300 g/mol. The van der Waals surface area contributed by atoms with Crippen molar-refractivity contribution in [2.24, 2.45) is 0 Å². The second-order valence-corrected chi connectivity index (χ2v) is 7.39. The van der Waals surface area contributed by atoms with Gasteiger partial charge in [0.25, 0.3) is 0 Å². The normalized spacial score (nSPS) is 19.5. The van der Waals surface area contributed by atoms with Crippen LogP contribution in [-0.4, -0.2) is 10.4 Å². The molecule has 0 radical (unpaired) electrons. The highest BCUT2D eigenvalue weighted by Gasteiger charge is 2.27. The summed E-state index contributed by atoms with van der Waals surface area (Å²) in [5, 5.41) is 4.29. The van der Waals surface area contributed by atoms with E-state index in [0.29, 0.717) is 0 Å². The van der Waals surface area contributed by atoms with Crippen LogP contribution >= 0.6 is 22.9 Å². The highest BCUT2D eigenvalue weighted by atomic mass is 32.1. The topological polar surface area (TPSA) is 34.1 Å². The molecule has 0 fully saturated rings. The van der Waals surface area contributed by atoms with Crippen LogP contribution in [0.25, 0.3) is 10.4 Å². The van der Waals surface area contributed by atoms with Gasteiger partial charge in [-0.3, -0.25) is 0 Å². The maximum Gasteiger partial charge on any atom is 0.189 e. The van der Waals surface area contributed by atoms with Crippen LogP contribution in [0, 0.1) is 6.92 Å². The molecule has 5 heteroatoms. The van der Waals surface area contributed by atoms with Gasteiger partial charge in [0.05, 0.1) is 16.5 Å². The number of aromatic nitrogens is 1. The smallest absolute Gasteiger partial charge is 0.189 e. The number of rotatable bonds is 2. The van der Waals surface area contributed by atoms with Gasteiger partial charge in [-0.05, 0) is 67.7 Å². The maximum atomic E-state index is 6.26. The second-order valence-electron chi connectivity index (χ2n) is 5.40. The van der Waals surface area contributed by atoms with Gasteiger partial charge in [0, 0.05) is 11.1 Å². The van der Waals surface area contributed by atoms with Gasteiger partial charge in [-0.1, -0.05) is 0 Å². The molecule has 1 aliphatic heterocycles. The lowest BCUT2D eigenvalue weighted by Gasteiger charge is -2.20. The summed E-state index contributed by atoms with van der Waals surface area (Å²) >= 11 is 3.34. The van der Waals surface area contributed by atoms with Gasteiger partial charge in [-0.2, -0.15) is 0 Å². The summed E-state index contributed by atoms with van der Waals surface area (Å²) in [4.78, 5) is 2.66. The number of ether oxygens (including phenoxy) is 1. The van der Waals surface area contributed by atoms with Gasteiger partial charge < -0.3 is 10.1 Å². The third kappa shape index (κ3) is 2.12. The van der Waals surface area contributed by atoms with Gasteiger partial charge in [0.1, 0.15) is 5.76 Å². The van der Waals surface area contributed by atoms with E-state index in [9.17, 15) is 0 Å². The number of fused-ring (bicyclic) bond motifs is 3. The first-order valence-electron chi connectivity index (χ1n) is 7.11. The first kappa shape index (κ1) is 13.1. The highest BCUT2D eigenvalue weighted by Crippen LogP contribution is 2.49. The van der Waals surface area contributed by atoms with Gasteiger partial charge in [-0.15, -0.1) is 11.3 Å². The predicted octanol–water partition coefficient (Wildman–Crippen LogP) is 4.05. The van der Waals surface area contributed by atoms with E-state index in [1.54, 1.807) is 22.9 Å². The number of allylic oxidation sites excluding steroid dienone is 2. The molecule has 1 N–H and O–H groups in total. The average molecular weight is 316 g/mol. The molecule has 21 heavy (non-hydrogen) atoms. The molecule has 4 rings (SSSR count). The summed E-state index contributed by atoms with van der Waals surface area (Å²) in [6, 6.07) is 0.206. The molecule has 0 saturated heterocycles. The minimum atomic E-state index is 0.206. The Labute approximate surface area is 132 Å². The summed E-state index contributed by atoms with van der Waals surface area (Å²) < 4.78 is 10.6. The Morgan fingerprint density at radius 2 is 2.29 bits per heavy atom. The van der Waals surface area contributed by atoms with Crippen LogP contribution < -0.4 is 10.1 Å². The third-order valence-corrected chi connectivity index (χ3v) is 5.92. The zero-order valence-electron chi connectivity index (χ0n) is 12.0. The summed E-state index contributed by atoms with van der Waals surface area (Å²) in [6.45, 7) is 4.31. The monoisotopic (exact) mass is 316 g/mol. The van der Waals surface area contributed by atoms with Crippen molar-refractivity contribution in [1.29, 1.82) is 0 Å². The average Bonchev–Trinajstić information content (AvgIpc) is 3.06. The Bertz CT molecular complexity index is 754. The molecule has 2 aromatic heterocycles. The third-order valence-electron chi connectivity index (χ3n) is 4.03. The Kier molecular flexibility index (Phi) is 3.12. The van der Waals surface area contributed by atoms with Crippen molar-refractivity contribution in [3.05, 3.63) is 46.3 Å². The zero-order chi connectivity index (χ0) is 14.4. The Morgan fingerprint density at radius 1 is 1.38 bits per heavy atom. The van der Waals surface area contributed by atoms with Crippen molar-refractivity contribution in [2.45, 2.75) is 32.7 Å². The van der Waals surface area contributed by atoms with E-state index in [2.05, 4.69) is 23.5 Å². The fourth-order valence-electron chi connectivity index (χ4n) is 2.86. The molecule has 0 amide bonds. The quantitative estimate of drug-likeness (QED) is 0.907. The SMILES string of the molecule is Cc1sc(OC2=CC=CNC2C)c2c1CCc1cnsc1-2. The standard InChI is InChI=1S/C16H16N2OS2/c1-9-13(4-3-7-17-9)19-16-14-12(10(2)20-16)6-5-11-8-18-21-15(11)14/h3-4,7-9,17H,5-6H2,1-2H3. The Balaban J connectivity index is 1.78. The van der Waals surface area contributed by atoms with E-state index in [1.165, 1.54) is 26.4 Å². The van der Waals surface area contributed by atoms with E-state index in [4.69, 9.17) is 4.74 Å². The van der Waals surface area contributed by atoms with Crippen molar-refractivity contribution in [1.82, 2.24) is 9.69 Å². The van der Waals surface area contributed by atoms with Crippen LogP contribution in [0.1, 0.15) is 22.9 Å². The number of aryl methyl sites for hydroxylation is 2. The number of nitrogens with one attached hydrogen (secondary N) is 1. The molecule has 0 bridgehead atoms. The summed E-state index contributed by atoms with van der Waals surface area (Å²) in [5.41, 5.74) is 4.09. The molecule has 2 aromatic rings. The van der Waals surface area contributed by atoms with Crippen LogP contribution in [0.4, 0.5) is 0 Å². The fraction of sp³-hybridized carbons (Fsp3) is 0.312. The van der Waals surface area contributed by atoms with Crippen molar-refractivity contribution in [3.8, 4) is 15.5 Å². The van der Waals surface area contributed by atoms with Gasteiger partial charge in [0.2, 0.25) is 0 Å². The van der Waals surface area contributed by atoms with E-state index in [1.807, 2.05) is 24.5 Å². The van der Waals surface area contributed by atoms with Crippen molar-refractivity contribution >= 4 is 22.9 Å². The maximum absolute atomic E-state index is 6.26. The van der Waals surface area contributed by atoms with Crippen LogP contribution in [0.15, 0.2) is 30.3 Å². The lowest BCUT2D eigenvalue weighted by atomic mass is 9.94. The molecule has 0 spiro atoms. The minimum Gasteiger partial charge on any atom is -0.448 e. The van der Waals surface area contributed by atoms with Crippen LogP contribution in [0.5, 0.6) is 5.06 Å². The Morgan fingerprint density at radius 3 is 3.14 bits per heavy atom. The molecule has 1 unspecified atom stereocenters. The number of thiophene rings is 1. The zero-order valence-corrected chi connectivity index (χ0v) is 13.6. The number of hydrogen-bond donors (Lipinski definition) is 1. The van der Waals surface area contributed by atoms with Crippen LogP contribution in [0.2, 0.25) is 0 Å². The lowest BCUT2D eigenvalue weighted by Crippen LogP contribution is -2.27. The van der Waals surface area contributed by atoms with Crippen LogP contribution in [0.3, 0.4) is 0 Å². The molecule has 0 saturated carbocycles.